The van der Waals surface area contributed by atoms with Crippen molar-refractivity contribution in [3.8, 4) is 5.75 Å². The third kappa shape index (κ3) is 5.70. The Kier molecular flexibility index (Phi) is 6.36. The van der Waals surface area contributed by atoms with Crippen LogP contribution in [-0.4, -0.2) is 18.7 Å². The molecule has 1 atom stereocenters. The number of carbonyl (C=O) groups is 1. The normalized spacial score (nSPS) is 12.5. The average molecular weight is 370 g/mol. The number of carbonyl (C=O) groups excluding carboxylic acids is 1. The Morgan fingerprint density at radius 3 is 2.40 bits per heavy atom. The Hall–Kier alpha value is -2.15. The molecule has 0 N–H and O–H groups in total. The largest absolute Gasteiger partial charge is 0.479 e. The molecule has 2 aromatic carbocycles. The quantitative estimate of drug-likeness (QED) is 0.656. The summed E-state index contributed by atoms with van der Waals surface area (Å²) in [6, 6.07) is 11.9. The molecular formula is C18H17F3O3S. The molecule has 0 aliphatic carbocycles. The van der Waals surface area contributed by atoms with Gasteiger partial charge in [0.1, 0.15) is 5.75 Å². The zero-order chi connectivity index (χ0) is 18.4. The van der Waals surface area contributed by atoms with Gasteiger partial charge in [-0.05, 0) is 56.3 Å². The van der Waals surface area contributed by atoms with Crippen LogP contribution in [0.3, 0.4) is 0 Å². The molecule has 0 amide bonds. The van der Waals surface area contributed by atoms with E-state index in [-0.39, 0.29) is 6.61 Å². The summed E-state index contributed by atoms with van der Waals surface area (Å²) in [5.74, 6) is 0.0267. The lowest BCUT2D eigenvalue weighted by Crippen LogP contribution is -2.25. The number of ether oxygens (including phenoxy) is 2. The average Bonchev–Trinajstić information content (AvgIpc) is 2.56. The van der Waals surface area contributed by atoms with Crippen molar-refractivity contribution in [2.24, 2.45) is 0 Å². The van der Waals surface area contributed by atoms with E-state index in [2.05, 4.69) is 0 Å². The minimum absolute atomic E-state index is 0.277. The second kappa shape index (κ2) is 8.29. The van der Waals surface area contributed by atoms with Gasteiger partial charge < -0.3 is 9.47 Å². The third-order valence-electron chi connectivity index (χ3n) is 3.15. The SMILES string of the molecule is CCOC(=O)C(C)Oc1ccc(Sc2cccc(C(F)(F)F)c2)cc1. The number of benzene rings is 2. The van der Waals surface area contributed by atoms with Crippen LogP contribution in [0.2, 0.25) is 0 Å². The van der Waals surface area contributed by atoms with Crippen LogP contribution in [0.15, 0.2) is 58.3 Å². The molecule has 1 unspecified atom stereocenters. The van der Waals surface area contributed by atoms with Crippen molar-refractivity contribution in [2.45, 2.75) is 35.9 Å². The Balaban J connectivity index is 2.02. The summed E-state index contributed by atoms with van der Waals surface area (Å²) in [4.78, 5) is 12.8. The molecule has 0 aromatic heterocycles. The highest BCUT2D eigenvalue weighted by Gasteiger charge is 2.30. The standard InChI is InChI=1S/C18H17F3O3S/c1-3-23-17(22)12(2)24-14-7-9-15(10-8-14)25-16-6-4-5-13(11-16)18(19,20)21/h4-12H,3H2,1-2H3. The van der Waals surface area contributed by atoms with Crippen LogP contribution in [0, 0.1) is 0 Å². The predicted molar refractivity (Wildman–Crippen MR) is 88.7 cm³/mol. The Morgan fingerprint density at radius 2 is 1.80 bits per heavy atom. The molecule has 0 saturated heterocycles. The fraction of sp³-hybridized carbons (Fsp3) is 0.278. The number of hydrogen-bond donors (Lipinski definition) is 0. The van der Waals surface area contributed by atoms with Crippen LogP contribution < -0.4 is 4.74 Å². The molecule has 0 radical (unpaired) electrons. The monoisotopic (exact) mass is 370 g/mol. The van der Waals surface area contributed by atoms with E-state index in [4.69, 9.17) is 9.47 Å². The van der Waals surface area contributed by atoms with E-state index in [0.717, 1.165) is 17.0 Å². The summed E-state index contributed by atoms with van der Waals surface area (Å²) in [7, 11) is 0. The van der Waals surface area contributed by atoms with Crippen molar-refractivity contribution >= 4 is 17.7 Å². The highest BCUT2D eigenvalue weighted by atomic mass is 32.2. The summed E-state index contributed by atoms with van der Waals surface area (Å²) in [5, 5.41) is 0. The van der Waals surface area contributed by atoms with Crippen molar-refractivity contribution in [1.29, 1.82) is 0 Å². The first-order valence-electron chi connectivity index (χ1n) is 7.58. The van der Waals surface area contributed by atoms with E-state index in [1.165, 1.54) is 17.8 Å². The molecule has 7 heteroatoms. The maximum Gasteiger partial charge on any atom is 0.416 e. The van der Waals surface area contributed by atoms with Crippen LogP contribution in [0.1, 0.15) is 19.4 Å². The lowest BCUT2D eigenvalue weighted by molar-refractivity contribution is -0.150. The van der Waals surface area contributed by atoms with E-state index >= 15 is 0 Å². The Bertz CT molecular complexity index is 714. The van der Waals surface area contributed by atoms with E-state index in [9.17, 15) is 18.0 Å². The molecule has 2 rings (SSSR count). The number of esters is 1. The molecule has 25 heavy (non-hydrogen) atoms. The van der Waals surface area contributed by atoms with E-state index < -0.39 is 23.8 Å². The van der Waals surface area contributed by atoms with E-state index in [1.807, 2.05) is 0 Å². The summed E-state index contributed by atoms with van der Waals surface area (Å²) in [5.41, 5.74) is -0.680. The van der Waals surface area contributed by atoms with Gasteiger partial charge in [-0.25, -0.2) is 4.79 Å². The van der Waals surface area contributed by atoms with E-state index in [0.29, 0.717) is 10.6 Å². The van der Waals surface area contributed by atoms with Crippen molar-refractivity contribution in [3.63, 3.8) is 0 Å². The number of alkyl halides is 3. The zero-order valence-corrected chi connectivity index (χ0v) is 14.5. The molecule has 3 nitrogen and oxygen atoms in total. The number of rotatable bonds is 6. The maximum absolute atomic E-state index is 12.7. The molecule has 0 aliphatic rings. The highest BCUT2D eigenvalue weighted by Crippen LogP contribution is 2.34. The number of halogens is 3. The maximum atomic E-state index is 12.7. The third-order valence-corrected chi connectivity index (χ3v) is 4.15. The fourth-order valence-electron chi connectivity index (χ4n) is 1.97. The molecular weight excluding hydrogens is 353 g/mol. The van der Waals surface area contributed by atoms with Gasteiger partial charge in [0.05, 0.1) is 12.2 Å². The molecule has 0 bridgehead atoms. The van der Waals surface area contributed by atoms with Gasteiger partial charge in [0.15, 0.2) is 6.10 Å². The molecule has 0 saturated carbocycles. The van der Waals surface area contributed by atoms with Crippen molar-refractivity contribution < 1.29 is 27.4 Å². The first-order chi connectivity index (χ1) is 11.8. The lowest BCUT2D eigenvalue weighted by atomic mass is 10.2. The first kappa shape index (κ1) is 19.2. The lowest BCUT2D eigenvalue weighted by Gasteiger charge is -2.13. The second-order valence-corrected chi connectivity index (χ2v) is 6.26. The highest BCUT2D eigenvalue weighted by molar-refractivity contribution is 7.99. The minimum Gasteiger partial charge on any atom is -0.479 e. The molecule has 0 spiro atoms. The van der Waals surface area contributed by atoms with Crippen LogP contribution in [0.4, 0.5) is 13.2 Å². The van der Waals surface area contributed by atoms with Gasteiger partial charge in [0, 0.05) is 9.79 Å². The van der Waals surface area contributed by atoms with Crippen molar-refractivity contribution in [2.75, 3.05) is 6.61 Å². The van der Waals surface area contributed by atoms with Gasteiger partial charge in [-0.3, -0.25) is 0 Å². The van der Waals surface area contributed by atoms with E-state index in [1.54, 1.807) is 44.2 Å². The molecule has 0 fully saturated rings. The van der Waals surface area contributed by atoms with Crippen LogP contribution in [0.25, 0.3) is 0 Å². The zero-order valence-electron chi connectivity index (χ0n) is 13.7. The van der Waals surface area contributed by atoms with Gasteiger partial charge in [-0.15, -0.1) is 0 Å². The minimum atomic E-state index is -4.36. The van der Waals surface area contributed by atoms with Gasteiger partial charge in [-0.1, -0.05) is 17.8 Å². The first-order valence-corrected chi connectivity index (χ1v) is 8.39. The van der Waals surface area contributed by atoms with Gasteiger partial charge in [0.25, 0.3) is 0 Å². The Morgan fingerprint density at radius 1 is 1.12 bits per heavy atom. The summed E-state index contributed by atoms with van der Waals surface area (Å²) in [6.45, 7) is 3.58. The fourth-order valence-corrected chi connectivity index (χ4v) is 2.85. The van der Waals surface area contributed by atoms with Crippen LogP contribution >= 0.6 is 11.8 Å². The van der Waals surface area contributed by atoms with Gasteiger partial charge in [-0.2, -0.15) is 13.2 Å². The van der Waals surface area contributed by atoms with Crippen LogP contribution in [0.5, 0.6) is 5.75 Å². The summed E-state index contributed by atoms with van der Waals surface area (Å²) < 4.78 is 48.5. The predicted octanol–water partition coefficient (Wildman–Crippen LogP) is 5.19. The Labute approximate surface area is 148 Å². The second-order valence-electron chi connectivity index (χ2n) is 5.11. The smallest absolute Gasteiger partial charge is 0.416 e. The molecule has 2 aromatic rings. The summed E-state index contributed by atoms with van der Waals surface area (Å²) >= 11 is 1.21. The van der Waals surface area contributed by atoms with Crippen LogP contribution in [-0.2, 0) is 15.7 Å². The number of hydrogen-bond acceptors (Lipinski definition) is 4. The topological polar surface area (TPSA) is 35.5 Å². The molecule has 0 heterocycles. The van der Waals surface area contributed by atoms with Crippen molar-refractivity contribution in [3.05, 3.63) is 54.1 Å². The summed E-state index contributed by atoms with van der Waals surface area (Å²) in [6.07, 6.45) is -5.10. The van der Waals surface area contributed by atoms with Crippen molar-refractivity contribution in [1.82, 2.24) is 0 Å². The van der Waals surface area contributed by atoms with Gasteiger partial charge in [0.2, 0.25) is 0 Å². The molecule has 0 aliphatic heterocycles. The van der Waals surface area contributed by atoms with Gasteiger partial charge >= 0.3 is 12.1 Å². The molecule has 134 valence electrons.